The van der Waals surface area contributed by atoms with Crippen LogP contribution in [-0.4, -0.2) is 22.8 Å². The molecule has 2 aliphatic rings. The average Bonchev–Trinajstić information content (AvgIpc) is 3.08. The molecule has 1 saturated carbocycles. The van der Waals surface area contributed by atoms with Gasteiger partial charge in [-0.15, -0.1) is 0 Å². The second-order valence-corrected chi connectivity index (χ2v) is 10.2. The van der Waals surface area contributed by atoms with Crippen LogP contribution in [0.2, 0.25) is 0 Å². The lowest BCUT2D eigenvalue weighted by atomic mass is 9.81. The molecule has 3 heteroatoms. The maximum Gasteiger partial charge on any atom is 0.261 e. The van der Waals surface area contributed by atoms with Gasteiger partial charge in [0.1, 0.15) is 0 Å². The van der Waals surface area contributed by atoms with Crippen LogP contribution in [0.15, 0.2) is 24.3 Å². The zero-order valence-corrected chi connectivity index (χ0v) is 20.5. The van der Waals surface area contributed by atoms with Crippen LogP contribution in [0, 0.1) is 5.92 Å². The Labute approximate surface area is 196 Å². The molecule has 1 aliphatic carbocycles. The van der Waals surface area contributed by atoms with E-state index in [1.807, 2.05) is 24.3 Å². The molecule has 32 heavy (non-hydrogen) atoms. The van der Waals surface area contributed by atoms with Crippen LogP contribution >= 0.6 is 0 Å². The largest absolute Gasteiger partial charge is 0.271 e. The molecule has 0 saturated heterocycles. The highest BCUT2D eigenvalue weighted by molar-refractivity contribution is 6.21. The number of hydrogen-bond acceptors (Lipinski definition) is 2. The molecule has 1 fully saturated rings. The van der Waals surface area contributed by atoms with E-state index >= 15 is 0 Å². The second-order valence-electron chi connectivity index (χ2n) is 10.2. The highest BCUT2D eigenvalue weighted by Crippen LogP contribution is 2.36. The first-order valence-electron chi connectivity index (χ1n) is 13.7. The van der Waals surface area contributed by atoms with Crippen molar-refractivity contribution in [3.05, 3.63) is 35.4 Å². The number of unbranched alkanes of at least 4 members (excludes halogenated alkanes) is 11. The lowest BCUT2D eigenvalue weighted by Gasteiger charge is -2.35. The summed E-state index contributed by atoms with van der Waals surface area (Å²) in [7, 11) is 0. The average molecular weight is 440 g/mol. The summed E-state index contributed by atoms with van der Waals surface area (Å²) < 4.78 is 0. The minimum absolute atomic E-state index is 0.0555. The van der Waals surface area contributed by atoms with Gasteiger partial charge in [0.05, 0.1) is 11.1 Å². The molecule has 3 nitrogen and oxygen atoms in total. The van der Waals surface area contributed by atoms with Crippen molar-refractivity contribution in [2.45, 2.75) is 129 Å². The van der Waals surface area contributed by atoms with Crippen LogP contribution in [0.1, 0.15) is 143 Å². The highest BCUT2D eigenvalue weighted by Gasteiger charge is 2.42. The summed E-state index contributed by atoms with van der Waals surface area (Å²) in [6.45, 7) is 2.27. The Hall–Kier alpha value is -1.64. The van der Waals surface area contributed by atoms with E-state index in [1.54, 1.807) is 4.90 Å². The molecular formula is C29H45NO2. The Morgan fingerprint density at radius 2 is 1.19 bits per heavy atom. The molecular weight excluding hydrogens is 394 g/mol. The van der Waals surface area contributed by atoms with Crippen molar-refractivity contribution < 1.29 is 9.59 Å². The zero-order chi connectivity index (χ0) is 22.6. The third-order valence-corrected chi connectivity index (χ3v) is 7.70. The smallest absolute Gasteiger partial charge is 0.261 e. The quantitative estimate of drug-likeness (QED) is 0.203. The lowest BCUT2D eigenvalue weighted by Crippen LogP contribution is -2.45. The minimum atomic E-state index is -0.0555. The van der Waals surface area contributed by atoms with Gasteiger partial charge in [-0.25, -0.2) is 0 Å². The molecule has 2 amide bonds. The second kappa shape index (κ2) is 13.8. The molecule has 1 aliphatic heterocycles. The van der Waals surface area contributed by atoms with Gasteiger partial charge in [0.15, 0.2) is 0 Å². The number of rotatable bonds is 15. The minimum Gasteiger partial charge on any atom is -0.271 e. The van der Waals surface area contributed by atoms with Gasteiger partial charge in [-0.05, 0) is 37.3 Å². The summed E-state index contributed by atoms with van der Waals surface area (Å²) in [5.74, 6) is 0.374. The number of carbonyl (C=O) groups is 2. The topological polar surface area (TPSA) is 37.4 Å². The number of amides is 2. The molecule has 0 N–H and O–H groups in total. The first-order chi connectivity index (χ1) is 15.7. The maximum atomic E-state index is 13.1. The van der Waals surface area contributed by atoms with Gasteiger partial charge in [0.2, 0.25) is 0 Å². The number of nitrogens with zero attached hydrogens (tertiary/aromatic N) is 1. The Kier molecular flexibility index (Phi) is 10.8. The summed E-state index contributed by atoms with van der Waals surface area (Å²) in [6, 6.07) is 7.46. The molecule has 178 valence electrons. The summed E-state index contributed by atoms with van der Waals surface area (Å²) in [5.41, 5.74) is 1.21. The van der Waals surface area contributed by atoms with Crippen molar-refractivity contribution >= 4 is 11.8 Å². The molecule has 0 aromatic heterocycles. The normalized spacial score (nSPS) is 17.7. The van der Waals surface area contributed by atoms with Crippen LogP contribution in [0.3, 0.4) is 0 Å². The van der Waals surface area contributed by atoms with E-state index < -0.39 is 0 Å². The monoisotopic (exact) mass is 439 g/mol. The van der Waals surface area contributed by atoms with E-state index in [-0.39, 0.29) is 17.9 Å². The van der Waals surface area contributed by atoms with Crippen LogP contribution in [-0.2, 0) is 0 Å². The Balaban J connectivity index is 1.41. The van der Waals surface area contributed by atoms with Gasteiger partial charge >= 0.3 is 0 Å². The summed E-state index contributed by atoms with van der Waals surface area (Å²) >= 11 is 0. The molecule has 1 atom stereocenters. The SMILES string of the molecule is CCCCCCCCCCCCCCC(C1CCCCC1)N1C(=O)c2ccccc2C1=O. The van der Waals surface area contributed by atoms with E-state index in [0.29, 0.717) is 17.0 Å². The van der Waals surface area contributed by atoms with E-state index in [2.05, 4.69) is 6.92 Å². The summed E-state index contributed by atoms with van der Waals surface area (Å²) in [5, 5.41) is 0. The molecule has 1 aromatic rings. The van der Waals surface area contributed by atoms with Crippen LogP contribution in [0.4, 0.5) is 0 Å². The molecule has 1 unspecified atom stereocenters. The van der Waals surface area contributed by atoms with Crippen molar-refractivity contribution in [1.29, 1.82) is 0 Å². The van der Waals surface area contributed by atoms with Gasteiger partial charge < -0.3 is 0 Å². The van der Waals surface area contributed by atoms with Crippen LogP contribution in [0.5, 0.6) is 0 Å². The van der Waals surface area contributed by atoms with Crippen molar-refractivity contribution in [3.8, 4) is 0 Å². The fourth-order valence-electron chi connectivity index (χ4n) is 5.80. The molecule has 1 heterocycles. The van der Waals surface area contributed by atoms with Crippen LogP contribution in [0.25, 0.3) is 0 Å². The predicted molar refractivity (Wildman–Crippen MR) is 133 cm³/mol. The van der Waals surface area contributed by atoms with Gasteiger partial charge in [-0.3, -0.25) is 14.5 Å². The highest BCUT2D eigenvalue weighted by atomic mass is 16.2. The molecule has 1 aromatic carbocycles. The molecule has 0 bridgehead atoms. The molecule has 0 radical (unpaired) electrons. The molecule has 3 rings (SSSR count). The van der Waals surface area contributed by atoms with E-state index in [0.717, 1.165) is 25.7 Å². The van der Waals surface area contributed by atoms with Gasteiger partial charge in [-0.2, -0.15) is 0 Å². The van der Waals surface area contributed by atoms with Crippen LogP contribution < -0.4 is 0 Å². The summed E-state index contributed by atoms with van der Waals surface area (Å²) in [6.07, 6.45) is 23.1. The fraction of sp³-hybridized carbons (Fsp3) is 0.724. The van der Waals surface area contributed by atoms with Crippen molar-refractivity contribution in [2.24, 2.45) is 5.92 Å². The predicted octanol–water partition coefficient (Wildman–Crippen LogP) is 8.32. The summed E-state index contributed by atoms with van der Waals surface area (Å²) in [4.78, 5) is 27.9. The van der Waals surface area contributed by atoms with Crippen molar-refractivity contribution in [2.75, 3.05) is 0 Å². The van der Waals surface area contributed by atoms with E-state index in [1.165, 1.54) is 89.9 Å². The van der Waals surface area contributed by atoms with Crippen molar-refractivity contribution in [3.63, 3.8) is 0 Å². The van der Waals surface area contributed by atoms with Gasteiger partial charge in [0, 0.05) is 6.04 Å². The first kappa shape index (κ1) is 25.0. The third kappa shape index (κ3) is 6.93. The molecule has 0 spiro atoms. The number of fused-ring (bicyclic) bond motifs is 1. The number of imide groups is 1. The number of hydrogen-bond donors (Lipinski definition) is 0. The Bertz CT molecular complexity index is 672. The Morgan fingerprint density at radius 1 is 0.719 bits per heavy atom. The standard InChI is InChI=1S/C29H45NO2/c1-2-3-4-5-6-7-8-9-10-11-12-16-23-27(24-19-14-13-15-20-24)30-28(31)25-21-17-18-22-26(25)29(30)32/h17-18,21-22,24,27H,2-16,19-20,23H2,1H3. The van der Waals surface area contributed by atoms with Gasteiger partial charge in [-0.1, -0.05) is 115 Å². The number of carbonyl (C=O) groups excluding carboxylic acids is 2. The van der Waals surface area contributed by atoms with E-state index in [4.69, 9.17) is 0 Å². The lowest BCUT2D eigenvalue weighted by molar-refractivity contribution is 0.0480. The number of benzene rings is 1. The fourth-order valence-corrected chi connectivity index (χ4v) is 5.80. The van der Waals surface area contributed by atoms with Gasteiger partial charge in [0.25, 0.3) is 11.8 Å². The van der Waals surface area contributed by atoms with E-state index in [9.17, 15) is 9.59 Å². The third-order valence-electron chi connectivity index (χ3n) is 7.70. The Morgan fingerprint density at radius 3 is 1.69 bits per heavy atom. The maximum absolute atomic E-state index is 13.1. The first-order valence-corrected chi connectivity index (χ1v) is 13.7. The zero-order valence-electron chi connectivity index (χ0n) is 20.5. The van der Waals surface area contributed by atoms with Crippen molar-refractivity contribution in [1.82, 2.24) is 4.90 Å².